The van der Waals surface area contributed by atoms with E-state index in [0.29, 0.717) is 0 Å². The topological polar surface area (TPSA) is 97.8 Å². The van der Waals surface area contributed by atoms with Crippen LogP contribution >= 0.6 is 0 Å². The van der Waals surface area contributed by atoms with Gasteiger partial charge in [-0.3, -0.25) is 9.59 Å². The third-order valence-electron chi connectivity index (χ3n) is 6.76. The summed E-state index contributed by atoms with van der Waals surface area (Å²) < 4.78 is 31.4. The zero-order valence-corrected chi connectivity index (χ0v) is 20.8. The van der Waals surface area contributed by atoms with Crippen LogP contribution in [-0.2, 0) is 24.8 Å². The standard InChI is InChI=1S/C28H23NO6S/c1-28(2)21-9-5-6-10-22(21)29(3)25(28)15-18(30)16-35-27(32)17-12-13-20-24(14-17)36(33,34)23-11-7-4-8-19(23)26(20)31/h4-15H,16H2,1-3H3/b25-15+. The van der Waals surface area contributed by atoms with Crippen LogP contribution in [0.3, 0.4) is 0 Å². The molecule has 0 bridgehead atoms. The highest BCUT2D eigenvalue weighted by atomic mass is 32.2. The summed E-state index contributed by atoms with van der Waals surface area (Å²) in [6.45, 7) is 3.54. The van der Waals surface area contributed by atoms with Crippen molar-refractivity contribution in [1.29, 1.82) is 0 Å². The predicted octanol–water partition coefficient (Wildman–Crippen LogP) is 4.10. The van der Waals surface area contributed by atoms with Crippen molar-refractivity contribution in [1.82, 2.24) is 0 Å². The number of likely N-dealkylation sites (N-methyl/N-ethyl adjacent to an activating group) is 1. The number of rotatable bonds is 4. The maximum absolute atomic E-state index is 13.1. The Kier molecular flexibility index (Phi) is 5.44. The summed E-state index contributed by atoms with van der Waals surface area (Å²) in [5, 5.41) is 0. The Bertz CT molecular complexity index is 1600. The summed E-state index contributed by atoms with van der Waals surface area (Å²) in [6.07, 6.45) is 1.47. The van der Waals surface area contributed by atoms with Gasteiger partial charge in [-0.25, -0.2) is 13.2 Å². The first-order valence-electron chi connectivity index (χ1n) is 11.3. The Balaban J connectivity index is 1.35. The molecule has 0 fully saturated rings. The number of para-hydroxylation sites is 1. The molecule has 182 valence electrons. The molecule has 0 aliphatic carbocycles. The summed E-state index contributed by atoms with van der Waals surface area (Å²) in [6, 6.07) is 17.6. The SMILES string of the molecule is CN1/C(=C/C(=O)COC(=O)c2ccc3c(c2)S(=O)(=O)c2ccccc2C3=O)C(C)(C)c2ccccc21. The van der Waals surface area contributed by atoms with E-state index in [4.69, 9.17) is 4.74 Å². The van der Waals surface area contributed by atoms with Gasteiger partial charge in [0.2, 0.25) is 9.84 Å². The van der Waals surface area contributed by atoms with Gasteiger partial charge in [-0.05, 0) is 42.0 Å². The molecule has 3 aromatic carbocycles. The first-order chi connectivity index (χ1) is 17.0. The van der Waals surface area contributed by atoms with E-state index >= 15 is 0 Å². The lowest BCUT2D eigenvalue weighted by Crippen LogP contribution is -2.25. The smallest absolute Gasteiger partial charge is 0.338 e. The number of anilines is 1. The number of nitrogens with zero attached hydrogens (tertiary/aromatic N) is 1. The van der Waals surface area contributed by atoms with Gasteiger partial charge in [-0.1, -0.05) is 44.2 Å². The molecule has 0 unspecified atom stereocenters. The van der Waals surface area contributed by atoms with Crippen molar-refractivity contribution in [3.63, 3.8) is 0 Å². The molecule has 0 radical (unpaired) electrons. The van der Waals surface area contributed by atoms with Crippen molar-refractivity contribution in [3.8, 4) is 0 Å². The lowest BCUT2D eigenvalue weighted by molar-refractivity contribution is -0.117. The molecule has 0 spiro atoms. The quantitative estimate of drug-likeness (QED) is 0.307. The van der Waals surface area contributed by atoms with Crippen molar-refractivity contribution < 1.29 is 27.5 Å². The van der Waals surface area contributed by atoms with Crippen LogP contribution in [0, 0.1) is 0 Å². The minimum atomic E-state index is -3.99. The van der Waals surface area contributed by atoms with Crippen LogP contribution in [0.5, 0.6) is 0 Å². The number of hydrogen-bond acceptors (Lipinski definition) is 7. The number of allylic oxidation sites excluding steroid dienone is 1. The Hall–Kier alpha value is -4.04. The molecule has 2 heterocycles. The second-order valence-corrected chi connectivity index (χ2v) is 11.2. The number of hydrogen-bond donors (Lipinski definition) is 0. The monoisotopic (exact) mass is 501 g/mol. The van der Waals surface area contributed by atoms with Crippen LogP contribution in [0.2, 0.25) is 0 Å². The maximum atomic E-state index is 13.1. The molecular weight excluding hydrogens is 478 g/mol. The van der Waals surface area contributed by atoms with Gasteiger partial charge in [0.25, 0.3) is 0 Å². The van der Waals surface area contributed by atoms with Gasteiger partial charge in [0.05, 0.1) is 15.4 Å². The van der Waals surface area contributed by atoms with E-state index in [1.54, 1.807) is 6.07 Å². The maximum Gasteiger partial charge on any atom is 0.338 e. The van der Waals surface area contributed by atoms with E-state index in [9.17, 15) is 22.8 Å². The number of carbonyl (C=O) groups is 3. The Morgan fingerprint density at radius 1 is 0.944 bits per heavy atom. The van der Waals surface area contributed by atoms with Crippen molar-refractivity contribution in [2.75, 3.05) is 18.6 Å². The van der Waals surface area contributed by atoms with Gasteiger partial charge in [0.1, 0.15) is 0 Å². The zero-order valence-electron chi connectivity index (χ0n) is 19.9. The first kappa shape index (κ1) is 23.7. The fourth-order valence-corrected chi connectivity index (χ4v) is 6.56. The molecule has 5 rings (SSSR count). The lowest BCUT2D eigenvalue weighted by Gasteiger charge is -2.23. The van der Waals surface area contributed by atoms with Crippen molar-refractivity contribution in [2.24, 2.45) is 0 Å². The normalized spacial score (nSPS) is 17.8. The van der Waals surface area contributed by atoms with Gasteiger partial charge in [0, 0.05) is 41.1 Å². The molecule has 0 saturated heterocycles. The molecule has 8 heteroatoms. The lowest BCUT2D eigenvalue weighted by atomic mass is 9.83. The van der Waals surface area contributed by atoms with E-state index in [0.717, 1.165) is 23.0 Å². The van der Waals surface area contributed by atoms with E-state index in [-0.39, 0.29) is 26.5 Å². The molecule has 0 N–H and O–H groups in total. The highest BCUT2D eigenvalue weighted by Gasteiger charge is 2.39. The van der Waals surface area contributed by atoms with Crippen molar-refractivity contribution >= 4 is 33.1 Å². The largest absolute Gasteiger partial charge is 0.454 e. The average Bonchev–Trinajstić information content (AvgIpc) is 3.06. The van der Waals surface area contributed by atoms with Crippen LogP contribution < -0.4 is 4.90 Å². The molecule has 36 heavy (non-hydrogen) atoms. The minimum absolute atomic E-state index is 0.00266. The molecule has 0 atom stereocenters. The average molecular weight is 502 g/mol. The molecule has 0 saturated carbocycles. The van der Waals surface area contributed by atoms with Crippen molar-refractivity contribution in [2.45, 2.75) is 29.1 Å². The summed E-state index contributed by atoms with van der Waals surface area (Å²) >= 11 is 0. The number of carbonyl (C=O) groups excluding carboxylic acids is 3. The van der Waals surface area contributed by atoms with Gasteiger partial charge in [-0.2, -0.15) is 0 Å². The number of ketones is 2. The molecule has 3 aromatic rings. The van der Waals surface area contributed by atoms with Gasteiger partial charge in [-0.15, -0.1) is 0 Å². The summed E-state index contributed by atoms with van der Waals surface area (Å²) in [4.78, 5) is 39.8. The van der Waals surface area contributed by atoms with Gasteiger partial charge < -0.3 is 9.64 Å². The number of benzene rings is 3. The van der Waals surface area contributed by atoms with Gasteiger partial charge in [0.15, 0.2) is 18.2 Å². The van der Waals surface area contributed by atoms with E-state index < -0.39 is 39.4 Å². The second-order valence-electron chi connectivity index (χ2n) is 9.31. The molecule has 7 nitrogen and oxygen atoms in total. The summed E-state index contributed by atoms with van der Waals surface area (Å²) in [5.41, 5.74) is 2.51. The Morgan fingerprint density at radius 3 is 2.36 bits per heavy atom. The van der Waals surface area contributed by atoms with Crippen molar-refractivity contribution in [3.05, 3.63) is 101 Å². The Labute approximate surface area is 208 Å². The molecule has 2 aliphatic heterocycles. The van der Waals surface area contributed by atoms with E-state index in [1.807, 2.05) is 50.1 Å². The van der Waals surface area contributed by atoms with Crippen LogP contribution in [0.4, 0.5) is 5.69 Å². The number of esters is 1. The van der Waals surface area contributed by atoms with Gasteiger partial charge >= 0.3 is 5.97 Å². The summed E-state index contributed by atoms with van der Waals surface area (Å²) in [5.74, 6) is -1.68. The Morgan fingerprint density at radius 2 is 1.61 bits per heavy atom. The fourth-order valence-electron chi connectivity index (χ4n) is 4.88. The fraction of sp³-hybridized carbons (Fsp3) is 0.179. The highest BCUT2D eigenvalue weighted by molar-refractivity contribution is 7.91. The van der Waals surface area contributed by atoms with E-state index in [1.165, 1.54) is 36.4 Å². The summed E-state index contributed by atoms with van der Waals surface area (Å²) in [7, 11) is -2.11. The third-order valence-corrected chi connectivity index (χ3v) is 8.61. The molecule has 2 aliphatic rings. The molecular formula is C28H23NO6S. The van der Waals surface area contributed by atoms with E-state index in [2.05, 4.69) is 0 Å². The molecule has 0 aromatic heterocycles. The second kappa shape index (κ2) is 8.27. The van der Waals surface area contributed by atoms with Crippen LogP contribution in [0.15, 0.2) is 88.3 Å². The third kappa shape index (κ3) is 3.56. The number of ether oxygens (including phenoxy) is 1. The minimum Gasteiger partial charge on any atom is -0.454 e. The van der Waals surface area contributed by atoms with Crippen LogP contribution in [-0.4, -0.2) is 39.6 Å². The number of sulfone groups is 1. The highest BCUT2D eigenvalue weighted by Crippen LogP contribution is 2.46. The molecule has 0 amide bonds. The van der Waals surface area contributed by atoms with Crippen LogP contribution in [0.1, 0.15) is 45.7 Å². The zero-order chi connectivity index (χ0) is 25.8. The first-order valence-corrected chi connectivity index (χ1v) is 12.8. The predicted molar refractivity (Wildman–Crippen MR) is 133 cm³/mol. The number of fused-ring (bicyclic) bond motifs is 3. The van der Waals surface area contributed by atoms with Crippen LogP contribution in [0.25, 0.3) is 0 Å².